The highest BCUT2D eigenvalue weighted by Gasteiger charge is 2.24. The molecule has 5 nitrogen and oxygen atoms in total. The first-order valence-electron chi connectivity index (χ1n) is 6.74. The Bertz CT molecular complexity index is 652. The number of amides is 1. The van der Waals surface area contributed by atoms with Crippen LogP contribution in [0, 0.1) is 6.92 Å². The fourth-order valence-corrected chi connectivity index (χ4v) is 3.28. The number of carbonyl (C=O) groups is 1. The summed E-state index contributed by atoms with van der Waals surface area (Å²) in [6, 6.07) is 7.18. The second-order valence-corrected chi connectivity index (χ2v) is 6.43. The third-order valence-corrected chi connectivity index (χ3v) is 4.69. The maximum Gasteiger partial charge on any atom is 0.255 e. The van der Waals surface area contributed by atoms with E-state index in [0.29, 0.717) is 23.7 Å². The summed E-state index contributed by atoms with van der Waals surface area (Å²) >= 11 is 7.67. The van der Waals surface area contributed by atoms with Crippen LogP contribution in [0.15, 0.2) is 24.3 Å². The summed E-state index contributed by atoms with van der Waals surface area (Å²) in [4.78, 5) is 16.5. The Balaban J connectivity index is 1.66. The van der Waals surface area contributed by atoms with Crippen LogP contribution in [-0.2, 0) is 0 Å². The van der Waals surface area contributed by atoms with E-state index < -0.39 is 0 Å². The van der Waals surface area contributed by atoms with Crippen LogP contribution < -0.4 is 4.90 Å². The average molecular weight is 323 g/mol. The first-order chi connectivity index (χ1) is 10.1. The predicted octanol–water partition coefficient (Wildman–Crippen LogP) is 2.46. The van der Waals surface area contributed by atoms with Gasteiger partial charge in [-0.25, -0.2) is 0 Å². The van der Waals surface area contributed by atoms with Crippen molar-refractivity contribution in [3.05, 3.63) is 39.9 Å². The van der Waals surface area contributed by atoms with E-state index in [2.05, 4.69) is 15.1 Å². The molecule has 0 radical (unpaired) electrons. The number of rotatable bonds is 2. The number of hydrogen-bond acceptors (Lipinski definition) is 5. The van der Waals surface area contributed by atoms with Gasteiger partial charge < -0.3 is 9.80 Å². The van der Waals surface area contributed by atoms with Crippen molar-refractivity contribution in [2.24, 2.45) is 0 Å². The number of nitrogens with zero attached hydrogens (tertiary/aromatic N) is 4. The normalized spacial score (nSPS) is 15.3. The Morgan fingerprint density at radius 1 is 1.19 bits per heavy atom. The van der Waals surface area contributed by atoms with E-state index >= 15 is 0 Å². The fourth-order valence-electron chi connectivity index (χ4n) is 2.32. The van der Waals surface area contributed by atoms with Crippen molar-refractivity contribution in [2.75, 3.05) is 31.1 Å². The Morgan fingerprint density at radius 2 is 1.90 bits per heavy atom. The van der Waals surface area contributed by atoms with Crippen molar-refractivity contribution in [1.82, 2.24) is 15.1 Å². The van der Waals surface area contributed by atoms with E-state index in [9.17, 15) is 4.79 Å². The van der Waals surface area contributed by atoms with E-state index in [1.807, 2.05) is 24.0 Å². The van der Waals surface area contributed by atoms with Crippen LogP contribution in [0.2, 0.25) is 5.02 Å². The molecule has 0 saturated carbocycles. The molecule has 1 fully saturated rings. The Kier molecular flexibility index (Phi) is 4.07. The number of piperazine rings is 1. The lowest BCUT2D eigenvalue weighted by Gasteiger charge is -2.34. The molecule has 0 atom stereocenters. The van der Waals surface area contributed by atoms with E-state index in [1.165, 1.54) is 0 Å². The van der Waals surface area contributed by atoms with Crippen LogP contribution in [0.25, 0.3) is 0 Å². The standard InChI is InChI=1S/C14H15ClN4OS/c1-10-16-17-14(21-10)19-8-6-18(7-9-19)13(20)11-4-2-3-5-12(11)15/h2-5H,6-9H2,1H3. The molecule has 0 bridgehead atoms. The maximum atomic E-state index is 12.5. The van der Waals surface area contributed by atoms with Crippen molar-refractivity contribution in [1.29, 1.82) is 0 Å². The molecule has 1 aliphatic rings. The highest BCUT2D eigenvalue weighted by atomic mass is 35.5. The molecule has 1 aromatic heterocycles. The first-order valence-corrected chi connectivity index (χ1v) is 7.93. The lowest BCUT2D eigenvalue weighted by atomic mass is 10.2. The zero-order valence-corrected chi connectivity index (χ0v) is 13.2. The fraction of sp³-hybridized carbons (Fsp3) is 0.357. The molecule has 0 unspecified atom stereocenters. The number of benzene rings is 1. The molecule has 110 valence electrons. The van der Waals surface area contributed by atoms with Gasteiger partial charge >= 0.3 is 0 Å². The van der Waals surface area contributed by atoms with Gasteiger partial charge in [0, 0.05) is 26.2 Å². The number of hydrogen-bond donors (Lipinski definition) is 0. The number of aromatic nitrogens is 2. The van der Waals surface area contributed by atoms with Crippen molar-refractivity contribution >= 4 is 34.0 Å². The predicted molar refractivity (Wildman–Crippen MR) is 84.2 cm³/mol. The van der Waals surface area contributed by atoms with Crippen LogP contribution in [0.4, 0.5) is 5.13 Å². The molecule has 0 N–H and O–H groups in total. The van der Waals surface area contributed by atoms with Crippen molar-refractivity contribution < 1.29 is 4.79 Å². The Morgan fingerprint density at radius 3 is 2.52 bits per heavy atom. The molecule has 7 heteroatoms. The third kappa shape index (κ3) is 3.01. The summed E-state index contributed by atoms with van der Waals surface area (Å²) in [6.45, 7) is 4.82. The van der Waals surface area contributed by atoms with Crippen LogP contribution >= 0.6 is 22.9 Å². The molecule has 21 heavy (non-hydrogen) atoms. The van der Waals surface area contributed by atoms with Crippen LogP contribution in [0.5, 0.6) is 0 Å². The molecule has 1 aliphatic heterocycles. The minimum atomic E-state index is -0.00584. The van der Waals surface area contributed by atoms with Gasteiger partial charge in [-0.2, -0.15) is 0 Å². The molecule has 1 saturated heterocycles. The lowest BCUT2D eigenvalue weighted by molar-refractivity contribution is 0.0747. The van der Waals surface area contributed by atoms with Crippen molar-refractivity contribution in [2.45, 2.75) is 6.92 Å². The van der Waals surface area contributed by atoms with Gasteiger partial charge in [-0.3, -0.25) is 4.79 Å². The Hall–Kier alpha value is -1.66. The van der Waals surface area contributed by atoms with Gasteiger partial charge in [-0.15, -0.1) is 10.2 Å². The second kappa shape index (κ2) is 5.99. The quantitative estimate of drug-likeness (QED) is 0.852. The Labute approximate surface area is 132 Å². The summed E-state index contributed by atoms with van der Waals surface area (Å²) in [5, 5.41) is 10.6. The van der Waals surface area contributed by atoms with E-state index in [-0.39, 0.29) is 5.91 Å². The lowest BCUT2D eigenvalue weighted by Crippen LogP contribution is -2.48. The van der Waals surface area contributed by atoms with E-state index in [4.69, 9.17) is 11.6 Å². The highest BCUT2D eigenvalue weighted by Crippen LogP contribution is 2.22. The van der Waals surface area contributed by atoms with Gasteiger partial charge in [-0.05, 0) is 19.1 Å². The number of aryl methyl sites for hydroxylation is 1. The summed E-state index contributed by atoms with van der Waals surface area (Å²) in [6.07, 6.45) is 0. The molecule has 1 aromatic carbocycles. The van der Waals surface area contributed by atoms with E-state index in [1.54, 1.807) is 23.5 Å². The highest BCUT2D eigenvalue weighted by molar-refractivity contribution is 7.15. The van der Waals surface area contributed by atoms with Crippen LogP contribution in [-0.4, -0.2) is 47.2 Å². The summed E-state index contributed by atoms with van der Waals surface area (Å²) in [7, 11) is 0. The summed E-state index contributed by atoms with van der Waals surface area (Å²) in [5.41, 5.74) is 0.569. The van der Waals surface area contributed by atoms with Gasteiger partial charge in [0.15, 0.2) is 0 Å². The van der Waals surface area contributed by atoms with Crippen LogP contribution in [0.3, 0.4) is 0 Å². The SMILES string of the molecule is Cc1nnc(N2CCN(C(=O)c3ccccc3Cl)CC2)s1. The monoisotopic (exact) mass is 322 g/mol. The molecule has 1 amide bonds. The third-order valence-electron chi connectivity index (χ3n) is 3.46. The number of anilines is 1. The molecule has 0 aliphatic carbocycles. The zero-order chi connectivity index (χ0) is 14.8. The molecular formula is C14H15ClN4OS. The minimum Gasteiger partial charge on any atom is -0.343 e. The second-order valence-electron chi connectivity index (χ2n) is 4.86. The molecule has 3 rings (SSSR count). The summed E-state index contributed by atoms with van der Waals surface area (Å²) < 4.78 is 0. The first kappa shape index (κ1) is 14.3. The van der Waals surface area contributed by atoms with Gasteiger partial charge in [0.05, 0.1) is 10.6 Å². The van der Waals surface area contributed by atoms with E-state index in [0.717, 1.165) is 23.2 Å². The average Bonchev–Trinajstić information content (AvgIpc) is 2.94. The van der Waals surface area contributed by atoms with Gasteiger partial charge in [0.2, 0.25) is 5.13 Å². The minimum absolute atomic E-state index is 0.00584. The topological polar surface area (TPSA) is 49.3 Å². The van der Waals surface area contributed by atoms with Gasteiger partial charge in [0.25, 0.3) is 5.91 Å². The number of halogens is 1. The maximum absolute atomic E-state index is 12.5. The van der Waals surface area contributed by atoms with Crippen LogP contribution in [0.1, 0.15) is 15.4 Å². The zero-order valence-electron chi connectivity index (χ0n) is 11.6. The molecule has 2 aromatic rings. The van der Waals surface area contributed by atoms with Crippen molar-refractivity contribution in [3.8, 4) is 0 Å². The molecule has 2 heterocycles. The van der Waals surface area contributed by atoms with Gasteiger partial charge in [0.1, 0.15) is 5.01 Å². The largest absolute Gasteiger partial charge is 0.343 e. The summed E-state index contributed by atoms with van der Waals surface area (Å²) in [5.74, 6) is -0.00584. The van der Waals surface area contributed by atoms with Crippen molar-refractivity contribution in [3.63, 3.8) is 0 Å². The number of carbonyl (C=O) groups excluding carboxylic acids is 1. The smallest absolute Gasteiger partial charge is 0.255 e. The molecule has 0 spiro atoms. The molecular weight excluding hydrogens is 308 g/mol. The van der Waals surface area contributed by atoms with Gasteiger partial charge in [-0.1, -0.05) is 35.1 Å².